The molecule has 4 rings (SSSR count). The Morgan fingerprint density at radius 3 is 2.47 bits per heavy atom. The van der Waals surface area contributed by atoms with Crippen molar-refractivity contribution in [2.45, 2.75) is 13.0 Å². The number of amides is 1. The van der Waals surface area contributed by atoms with Crippen molar-refractivity contribution in [3.8, 4) is 11.1 Å². The first-order chi connectivity index (χ1) is 15.4. The zero-order valence-corrected chi connectivity index (χ0v) is 18.9. The summed E-state index contributed by atoms with van der Waals surface area (Å²) < 4.78 is 29.8. The van der Waals surface area contributed by atoms with Crippen molar-refractivity contribution < 1.29 is 13.6 Å². The van der Waals surface area contributed by atoms with Gasteiger partial charge in [-0.2, -0.15) is 0 Å². The fourth-order valence-corrected chi connectivity index (χ4v) is 3.96. The zero-order valence-electron chi connectivity index (χ0n) is 17.9. The number of carbonyl (C=O) groups is 1. The van der Waals surface area contributed by atoms with Crippen LogP contribution in [0.3, 0.4) is 0 Å². The van der Waals surface area contributed by atoms with Gasteiger partial charge in [0.15, 0.2) is 0 Å². The third-order valence-corrected chi connectivity index (χ3v) is 5.86. The van der Waals surface area contributed by atoms with Gasteiger partial charge in [0.2, 0.25) is 0 Å². The van der Waals surface area contributed by atoms with Gasteiger partial charge in [-0.15, -0.1) is 0 Å². The van der Waals surface area contributed by atoms with Crippen molar-refractivity contribution in [3.63, 3.8) is 0 Å². The lowest BCUT2D eigenvalue weighted by Gasteiger charge is -2.25. The standard InChI is InChI=1S/C25H24F2N3OSi/c1-29(32)12-13-30(25(31)17-2-6-22(26)7-3-17)16-21-15-18(4-8-23(21)27)19-5-9-24-20(14-19)10-11-28-24/h2-9,14-15,28H,10-13,16H2,1H3. The lowest BCUT2D eigenvalue weighted by atomic mass is 9.99. The van der Waals surface area contributed by atoms with Crippen molar-refractivity contribution >= 4 is 22.0 Å². The minimum Gasteiger partial charge on any atom is -0.384 e. The Balaban J connectivity index is 1.61. The first kappa shape index (κ1) is 22.2. The molecule has 32 heavy (non-hydrogen) atoms. The summed E-state index contributed by atoms with van der Waals surface area (Å²) >= 11 is 0. The number of fused-ring (bicyclic) bond motifs is 1. The molecule has 0 saturated carbocycles. The van der Waals surface area contributed by atoms with Crippen LogP contribution in [0.15, 0.2) is 60.7 Å². The average molecular weight is 449 g/mol. The van der Waals surface area contributed by atoms with Crippen LogP contribution in [-0.2, 0) is 13.0 Å². The number of likely N-dealkylation sites (N-methyl/N-ethyl adjacent to an activating group) is 1. The van der Waals surface area contributed by atoms with E-state index in [4.69, 9.17) is 0 Å². The highest BCUT2D eigenvalue weighted by molar-refractivity contribution is 6.04. The predicted molar refractivity (Wildman–Crippen MR) is 124 cm³/mol. The van der Waals surface area contributed by atoms with Crippen molar-refractivity contribution in [1.82, 2.24) is 9.47 Å². The Bertz CT molecular complexity index is 1120. The monoisotopic (exact) mass is 448 g/mol. The fourth-order valence-electron chi connectivity index (χ4n) is 3.86. The molecule has 1 amide bonds. The van der Waals surface area contributed by atoms with E-state index in [2.05, 4.69) is 27.9 Å². The van der Waals surface area contributed by atoms with Crippen LogP contribution in [0, 0.1) is 11.6 Å². The van der Waals surface area contributed by atoms with Crippen LogP contribution in [0.2, 0.25) is 0 Å². The molecule has 0 fully saturated rings. The molecule has 0 spiro atoms. The number of rotatable bonds is 7. The van der Waals surface area contributed by atoms with E-state index in [0.717, 1.165) is 29.8 Å². The second-order valence-electron chi connectivity index (χ2n) is 8.01. The van der Waals surface area contributed by atoms with E-state index in [9.17, 15) is 13.6 Å². The van der Waals surface area contributed by atoms with Crippen LogP contribution in [0.25, 0.3) is 11.1 Å². The highest BCUT2D eigenvalue weighted by Crippen LogP contribution is 2.30. The molecule has 3 aromatic carbocycles. The van der Waals surface area contributed by atoms with E-state index in [1.54, 1.807) is 15.5 Å². The van der Waals surface area contributed by atoms with Crippen molar-refractivity contribution in [2.75, 3.05) is 32.0 Å². The molecular weight excluding hydrogens is 424 g/mol. The maximum absolute atomic E-state index is 14.8. The van der Waals surface area contributed by atoms with Gasteiger partial charge in [0.05, 0.1) is 0 Å². The van der Waals surface area contributed by atoms with E-state index in [1.807, 2.05) is 19.2 Å². The second kappa shape index (κ2) is 9.63. The number of carbonyl (C=O) groups excluding carboxylic acids is 1. The van der Waals surface area contributed by atoms with Crippen LogP contribution in [0.5, 0.6) is 0 Å². The molecule has 0 bridgehead atoms. The summed E-state index contributed by atoms with van der Waals surface area (Å²) in [5.41, 5.74) is 5.12. The van der Waals surface area contributed by atoms with Crippen molar-refractivity contribution in [2.24, 2.45) is 0 Å². The molecule has 4 nitrogen and oxygen atoms in total. The van der Waals surface area contributed by atoms with Gasteiger partial charge in [0, 0.05) is 43.0 Å². The Hall–Kier alpha value is -3.03. The molecule has 1 aliphatic heterocycles. The van der Waals surface area contributed by atoms with E-state index in [1.165, 1.54) is 35.9 Å². The molecule has 0 aliphatic carbocycles. The van der Waals surface area contributed by atoms with Crippen LogP contribution in [-0.4, -0.2) is 52.5 Å². The summed E-state index contributed by atoms with van der Waals surface area (Å²) in [6.45, 7) is 1.96. The molecule has 0 unspecified atom stereocenters. The third-order valence-electron chi connectivity index (χ3n) is 5.64. The number of benzene rings is 3. The number of anilines is 1. The summed E-state index contributed by atoms with van der Waals surface area (Å²) in [7, 11) is 5.24. The van der Waals surface area contributed by atoms with E-state index >= 15 is 0 Å². The highest BCUT2D eigenvalue weighted by atomic mass is 28.2. The summed E-state index contributed by atoms with van der Waals surface area (Å²) in [6, 6.07) is 16.6. The van der Waals surface area contributed by atoms with Gasteiger partial charge in [0.25, 0.3) is 5.91 Å². The quantitative estimate of drug-likeness (QED) is 0.549. The van der Waals surface area contributed by atoms with Gasteiger partial charge in [0.1, 0.15) is 22.0 Å². The third kappa shape index (κ3) is 5.06. The first-order valence-corrected chi connectivity index (χ1v) is 11.0. The summed E-state index contributed by atoms with van der Waals surface area (Å²) in [5, 5.41) is 3.34. The van der Waals surface area contributed by atoms with Crippen LogP contribution >= 0.6 is 0 Å². The highest BCUT2D eigenvalue weighted by Gasteiger charge is 2.19. The van der Waals surface area contributed by atoms with Crippen LogP contribution in [0.4, 0.5) is 14.5 Å². The van der Waals surface area contributed by atoms with Gasteiger partial charge in [-0.25, -0.2) is 8.78 Å². The molecule has 1 heterocycles. The Morgan fingerprint density at radius 1 is 1.00 bits per heavy atom. The molecule has 0 atom stereocenters. The summed E-state index contributed by atoms with van der Waals surface area (Å²) in [5.74, 6) is -1.04. The summed E-state index contributed by atoms with van der Waals surface area (Å²) in [4.78, 5) is 14.7. The van der Waals surface area contributed by atoms with Gasteiger partial charge in [-0.05, 0) is 78.7 Å². The molecule has 0 saturated heterocycles. The molecule has 1 N–H and O–H groups in total. The van der Waals surface area contributed by atoms with E-state index in [-0.39, 0.29) is 18.3 Å². The van der Waals surface area contributed by atoms with E-state index in [0.29, 0.717) is 24.2 Å². The van der Waals surface area contributed by atoms with Crippen molar-refractivity contribution in [1.29, 1.82) is 0 Å². The number of halogens is 2. The SMILES string of the molecule is CN([Si])CCN(Cc1cc(-c2ccc3c(c2)CCN3)ccc1F)C(=O)c1ccc(F)cc1. The van der Waals surface area contributed by atoms with Gasteiger partial charge < -0.3 is 14.8 Å². The number of hydrogen-bond acceptors (Lipinski definition) is 3. The molecule has 3 aromatic rings. The Labute approximate surface area is 190 Å². The molecule has 1 aliphatic rings. The average Bonchev–Trinajstić information content (AvgIpc) is 3.25. The van der Waals surface area contributed by atoms with Crippen molar-refractivity contribution in [3.05, 3.63) is 89.0 Å². The van der Waals surface area contributed by atoms with Crippen LogP contribution < -0.4 is 5.32 Å². The number of hydrogen-bond donors (Lipinski definition) is 1. The molecule has 7 heteroatoms. The first-order valence-electron chi connectivity index (χ1n) is 10.5. The smallest absolute Gasteiger partial charge is 0.254 e. The van der Waals surface area contributed by atoms with E-state index < -0.39 is 5.82 Å². The largest absolute Gasteiger partial charge is 0.384 e. The zero-order chi connectivity index (χ0) is 22.7. The maximum Gasteiger partial charge on any atom is 0.254 e. The molecule has 163 valence electrons. The van der Waals surface area contributed by atoms with Gasteiger partial charge >= 0.3 is 0 Å². The predicted octanol–water partition coefficient (Wildman–Crippen LogP) is 4.26. The summed E-state index contributed by atoms with van der Waals surface area (Å²) in [6.07, 6.45) is 0.969. The molecule has 0 aromatic heterocycles. The molecular formula is C25H24F2N3OSi. The lowest BCUT2D eigenvalue weighted by Crippen LogP contribution is -2.36. The normalized spacial score (nSPS) is 12.5. The van der Waals surface area contributed by atoms with Gasteiger partial charge in [-0.3, -0.25) is 4.79 Å². The topological polar surface area (TPSA) is 35.6 Å². The fraction of sp³-hybridized carbons (Fsp3) is 0.240. The van der Waals surface area contributed by atoms with Gasteiger partial charge in [-0.1, -0.05) is 12.1 Å². The second-order valence-corrected chi connectivity index (χ2v) is 8.77. The lowest BCUT2D eigenvalue weighted by molar-refractivity contribution is 0.0736. The Kier molecular flexibility index (Phi) is 6.67. The number of nitrogens with one attached hydrogen (secondary N) is 1. The minimum absolute atomic E-state index is 0.114. The molecule has 3 radical (unpaired) electrons. The minimum atomic E-state index is -0.406. The number of nitrogens with zero attached hydrogens (tertiary/aromatic N) is 2. The van der Waals surface area contributed by atoms with Crippen LogP contribution in [0.1, 0.15) is 21.5 Å². The maximum atomic E-state index is 14.8. The Morgan fingerprint density at radius 2 is 1.72 bits per heavy atom.